The molecular formula is C19H15ClN8O2. The SMILES string of the molecule is Cc1nn(C)c2c(=O)n(Cc3nc4nc(Oc5ccc(Cl)cc5)ncc4[nH]3)cnc12. The Labute approximate surface area is 174 Å². The van der Waals surface area contributed by atoms with Gasteiger partial charge in [0.2, 0.25) is 0 Å². The Morgan fingerprint density at radius 3 is 2.77 bits per heavy atom. The Balaban J connectivity index is 1.45. The van der Waals surface area contributed by atoms with Crippen LogP contribution in [0.5, 0.6) is 11.8 Å². The van der Waals surface area contributed by atoms with Gasteiger partial charge in [0.25, 0.3) is 5.56 Å². The largest absolute Gasteiger partial charge is 0.424 e. The fraction of sp³-hybridized carbons (Fsp3) is 0.158. The van der Waals surface area contributed by atoms with Gasteiger partial charge in [0, 0.05) is 12.1 Å². The molecule has 4 aromatic heterocycles. The summed E-state index contributed by atoms with van der Waals surface area (Å²) in [5.74, 6) is 1.11. The van der Waals surface area contributed by atoms with Crippen molar-refractivity contribution in [3.8, 4) is 11.8 Å². The maximum atomic E-state index is 12.8. The van der Waals surface area contributed by atoms with Gasteiger partial charge in [0.15, 0.2) is 11.2 Å². The highest BCUT2D eigenvalue weighted by Gasteiger charge is 2.14. The monoisotopic (exact) mass is 422 g/mol. The minimum atomic E-state index is -0.193. The van der Waals surface area contributed by atoms with Gasteiger partial charge in [-0.3, -0.25) is 14.0 Å². The average Bonchev–Trinajstić information content (AvgIpc) is 3.25. The molecule has 0 aliphatic carbocycles. The number of benzene rings is 1. The fourth-order valence-electron chi connectivity index (χ4n) is 3.21. The van der Waals surface area contributed by atoms with Crippen molar-refractivity contribution in [2.45, 2.75) is 13.5 Å². The van der Waals surface area contributed by atoms with E-state index in [1.165, 1.54) is 10.9 Å². The second-order valence-corrected chi connectivity index (χ2v) is 7.15. The summed E-state index contributed by atoms with van der Waals surface area (Å²) in [6.07, 6.45) is 3.08. The first-order chi connectivity index (χ1) is 14.5. The van der Waals surface area contributed by atoms with Crippen LogP contribution in [-0.4, -0.2) is 39.3 Å². The van der Waals surface area contributed by atoms with E-state index in [0.717, 1.165) is 0 Å². The lowest BCUT2D eigenvalue weighted by Crippen LogP contribution is -2.23. The summed E-state index contributed by atoms with van der Waals surface area (Å²) < 4.78 is 8.66. The molecule has 5 rings (SSSR count). The molecule has 0 atom stereocenters. The van der Waals surface area contributed by atoms with Crippen LogP contribution in [0, 0.1) is 6.92 Å². The van der Waals surface area contributed by atoms with Gasteiger partial charge in [0.1, 0.15) is 22.6 Å². The highest BCUT2D eigenvalue weighted by molar-refractivity contribution is 6.30. The van der Waals surface area contributed by atoms with Crippen molar-refractivity contribution in [1.29, 1.82) is 0 Å². The average molecular weight is 423 g/mol. The number of ether oxygens (including phenoxy) is 1. The van der Waals surface area contributed by atoms with E-state index < -0.39 is 0 Å². The van der Waals surface area contributed by atoms with Crippen LogP contribution in [-0.2, 0) is 13.6 Å². The van der Waals surface area contributed by atoms with Gasteiger partial charge >= 0.3 is 6.01 Å². The van der Waals surface area contributed by atoms with Crippen LogP contribution >= 0.6 is 11.6 Å². The number of nitrogens with zero attached hydrogens (tertiary/aromatic N) is 7. The van der Waals surface area contributed by atoms with E-state index in [1.807, 2.05) is 6.92 Å². The molecule has 0 bridgehead atoms. The Morgan fingerprint density at radius 1 is 1.17 bits per heavy atom. The lowest BCUT2D eigenvalue weighted by molar-refractivity contribution is 0.444. The number of imidazole rings is 1. The molecule has 0 spiro atoms. The van der Waals surface area contributed by atoms with Crippen LogP contribution < -0.4 is 10.3 Å². The molecule has 5 aromatic rings. The summed E-state index contributed by atoms with van der Waals surface area (Å²) >= 11 is 5.88. The maximum Gasteiger partial charge on any atom is 0.324 e. The third kappa shape index (κ3) is 3.16. The molecule has 1 aromatic carbocycles. The number of hydrogen-bond donors (Lipinski definition) is 1. The van der Waals surface area contributed by atoms with Crippen LogP contribution in [0.4, 0.5) is 0 Å². The van der Waals surface area contributed by atoms with Crippen molar-refractivity contribution in [3.05, 3.63) is 63.7 Å². The fourth-order valence-corrected chi connectivity index (χ4v) is 3.33. The summed E-state index contributed by atoms with van der Waals surface area (Å²) in [4.78, 5) is 33.3. The van der Waals surface area contributed by atoms with Crippen LogP contribution in [0.25, 0.3) is 22.2 Å². The van der Waals surface area contributed by atoms with Gasteiger partial charge in [-0.1, -0.05) is 11.6 Å². The molecule has 0 radical (unpaired) electrons. The molecule has 10 nitrogen and oxygen atoms in total. The zero-order valence-corrected chi connectivity index (χ0v) is 16.8. The van der Waals surface area contributed by atoms with Crippen LogP contribution in [0.15, 0.2) is 41.6 Å². The Bertz CT molecular complexity index is 1450. The standard InChI is InChI=1S/C19H15ClN8O2/c1-10-15-16(27(2)26-10)18(29)28(9-22-15)8-14-23-13-7-21-19(25-17(13)24-14)30-12-5-3-11(20)4-6-12/h3-7,9H,8H2,1-2H3,(H,21,23,24,25). The van der Waals surface area contributed by atoms with Gasteiger partial charge in [-0.05, 0) is 31.2 Å². The number of rotatable bonds is 4. The number of halogens is 1. The first kappa shape index (κ1) is 18.3. The molecule has 4 heterocycles. The van der Waals surface area contributed by atoms with Gasteiger partial charge in [-0.25, -0.2) is 15.0 Å². The summed E-state index contributed by atoms with van der Waals surface area (Å²) in [7, 11) is 1.72. The van der Waals surface area contributed by atoms with Crippen molar-refractivity contribution >= 4 is 33.8 Å². The number of H-pyrrole nitrogens is 1. The predicted octanol–water partition coefficient (Wildman–Crippen LogP) is 2.60. The molecule has 0 saturated carbocycles. The van der Waals surface area contributed by atoms with E-state index in [0.29, 0.717) is 44.5 Å². The van der Waals surface area contributed by atoms with Crippen LogP contribution in [0.2, 0.25) is 5.02 Å². The van der Waals surface area contributed by atoms with Crippen molar-refractivity contribution in [3.63, 3.8) is 0 Å². The number of aromatic amines is 1. The third-order valence-electron chi connectivity index (χ3n) is 4.59. The normalized spacial score (nSPS) is 11.4. The van der Waals surface area contributed by atoms with Crippen LogP contribution in [0.1, 0.15) is 11.5 Å². The number of hydrogen-bond acceptors (Lipinski definition) is 7. The second-order valence-electron chi connectivity index (χ2n) is 6.71. The van der Waals surface area contributed by atoms with E-state index in [1.54, 1.807) is 42.2 Å². The summed E-state index contributed by atoms with van der Waals surface area (Å²) in [6.45, 7) is 2.02. The first-order valence-corrected chi connectivity index (χ1v) is 9.39. The molecular weight excluding hydrogens is 408 g/mol. The highest BCUT2D eigenvalue weighted by Crippen LogP contribution is 2.21. The molecule has 30 heavy (non-hydrogen) atoms. The molecule has 0 aliphatic rings. The van der Waals surface area contributed by atoms with Gasteiger partial charge in [-0.15, -0.1) is 0 Å². The number of nitrogens with one attached hydrogen (secondary N) is 1. The predicted molar refractivity (Wildman–Crippen MR) is 110 cm³/mol. The van der Waals surface area contributed by atoms with E-state index in [9.17, 15) is 4.79 Å². The minimum Gasteiger partial charge on any atom is -0.424 e. The van der Waals surface area contributed by atoms with E-state index in [4.69, 9.17) is 16.3 Å². The van der Waals surface area contributed by atoms with E-state index in [-0.39, 0.29) is 18.1 Å². The molecule has 0 saturated heterocycles. The Hall–Kier alpha value is -3.79. The topological polar surface area (TPSA) is 116 Å². The molecule has 0 unspecified atom stereocenters. The smallest absolute Gasteiger partial charge is 0.324 e. The van der Waals surface area contributed by atoms with E-state index in [2.05, 4.69) is 30.0 Å². The second kappa shape index (κ2) is 6.92. The summed E-state index contributed by atoms with van der Waals surface area (Å²) in [5, 5.41) is 4.87. The zero-order valence-electron chi connectivity index (χ0n) is 16.0. The van der Waals surface area contributed by atoms with Crippen LogP contribution in [0.3, 0.4) is 0 Å². The lowest BCUT2D eigenvalue weighted by Gasteiger charge is -2.03. The molecule has 11 heteroatoms. The van der Waals surface area contributed by atoms with Crippen molar-refractivity contribution in [2.75, 3.05) is 0 Å². The van der Waals surface area contributed by atoms with Gasteiger partial charge in [-0.2, -0.15) is 10.1 Å². The lowest BCUT2D eigenvalue weighted by atomic mass is 10.3. The maximum absolute atomic E-state index is 12.8. The molecule has 150 valence electrons. The minimum absolute atomic E-state index is 0.161. The Morgan fingerprint density at radius 2 is 1.97 bits per heavy atom. The first-order valence-electron chi connectivity index (χ1n) is 9.02. The zero-order chi connectivity index (χ0) is 20.8. The molecule has 0 amide bonds. The van der Waals surface area contributed by atoms with Crippen molar-refractivity contribution < 1.29 is 4.74 Å². The van der Waals surface area contributed by atoms with Gasteiger partial charge < -0.3 is 9.72 Å². The summed E-state index contributed by atoms with van der Waals surface area (Å²) in [5.41, 5.74) is 2.63. The third-order valence-corrected chi connectivity index (χ3v) is 4.84. The van der Waals surface area contributed by atoms with Crippen molar-refractivity contribution in [2.24, 2.45) is 7.05 Å². The number of fused-ring (bicyclic) bond motifs is 2. The van der Waals surface area contributed by atoms with Crippen molar-refractivity contribution in [1.82, 2.24) is 39.3 Å². The number of aryl methyl sites for hydroxylation is 2. The van der Waals surface area contributed by atoms with Gasteiger partial charge in [0.05, 0.1) is 24.8 Å². The quantitative estimate of drug-likeness (QED) is 0.473. The Kier molecular flexibility index (Phi) is 4.21. The highest BCUT2D eigenvalue weighted by atomic mass is 35.5. The summed E-state index contributed by atoms with van der Waals surface area (Å²) in [6, 6.07) is 7.04. The van der Waals surface area contributed by atoms with E-state index >= 15 is 0 Å². The molecule has 1 N–H and O–H groups in total. The molecule has 0 aliphatic heterocycles. The number of aromatic nitrogens is 8. The molecule has 0 fully saturated rings.